The summed E-state index contributed by atoms with van der Waals surface area (Å²) in [5, 5.41) is 11.9. The lowest BCUT2D eigenvalue weighted by Crippen LogP contribution is -2.04. The third kappa shape index (κ3) is 2.17. The van der Waals surface area contributed by atoms with Crippen LogP contribution in [0.5, 0.6) is 0 Å². The fraction of sp³-hybridized carbons (Fsp3) is 0.0588. The van der Waals surface area contributed by atoms with Crippen molar-refractivity contribution < 1.29 is 4.92 Å². The van der Waals surface area contributed by atoms with Crippen LogP contribution < -0.4 is 5.43 Å². The highest BCUT2D eigenvalue weighted by Gasteiger charge is 2.16. The zero-order valence-corrected chi connectivity index (χ0v) is 13.4. The molecule has 2 heterocycles. The highest BCUT2D eigenvalue weighted by Crippen LogP contribution is 2.30. The number of benzene rings is 2. The van der Waals surface area contributed by atoms with E-state index in [1.54, 1.807) is 12.1 Å². The number of hydrogen-bond donors (Lipinski definition) is 1. The molecule has 118 valence electrons. The molecular weight excluding hydrogens is 326 g/mol. The van der Waals surface area contributed by atoms with Crippen molar-refractivity contribution in [1.82, 2.24) is 9.36 Å². The van der Waals surface area contributed by atoms with Gasteiger partial charge in [0.25, 0.3) is 5.69 Å². The molecule has 0 saturated heterocycles. The minimum absolute atomic E-state index is 0.00766. The molecular formula is C17H11N3O3S. The number of aromatic amines is 1. The zero-order chi connectivity index (χ0) is 16.8. The van der Waals surface area contributed by atoms with E-state index < -0.39 is 4.92 Å². The van der Waals surface area contributed by atoms with Crippen LogP contribution in [0.1, 0.15) is 5.56 Å². The first-order valence-electron chi connectivity index (χ1n) is 7.21. The smallest absolute Gasteiger partial charge is 0.269 e. The quantitative estimate of drug-likeness (QED) is 0.442. The summed E-state index contributed by atoms with van der Waals surface area (Å²) in [5.41, 5.74) is 2.95. The summed E-state index contributed by atoms with van der Waals surface area (Å²) >= 11 is 1.21. The van der Waals surface area contributed by atoms with Gasteiger partial charge in [0, 0.05) is 23.1 Å². The molecule has 0 unspecified atom stereocenters. The van der Waals surface area contributed by atoms with E-state index in [1.807, 2.05) is 25.1 Å². The molecule has 4 rings (SSSR count). The molecule has 2 aromatic carbocycles. The number of fused-ring (bicyclic) bond motifs is 2. The van der Waals surface area contributed by atoms with Crippen LogP contribution in [0.15, 0.2) is 47.3 Å². The molecule has 0 aliphatic carbocycles. The molecule has 0 aliphatic heterocycles. The van der Waals surface area contributed by atoms with E-state index in [-0.39, 0.29) is 11.1 Å². The van der Waals surface area contributed by atoms with Crippen LogP contribution in [0, 0.1) is 17.0 Å². The normalized spacial score (nSPS) is 11.2. The molecule has 24 heavy (non-hydrogen) atoms. The molecule has 0 spiro atoms. The van der Waals surface area contributed by atoms with E-state index in [9.17, 15) is 14.9 Å². The predicted octanol–water partition coefficient (Wildman–Crippen LogP) is 4.02. The summed E-state index contributed by atoms with van der Waals surface area (Å²) < 4.78 is 4.39. The number of nitro benzene ring substituents is 1. The van der Waals surface area contributed by atoms with Gasteiger partial charge in [-0.05, 0) is 42.7 Å². The van der Waals surface area contributed by atoms with Crippen molar-refractivity contribution in [3.05, 3.63) is 68.4 Å². The van der Waals surface area contributed by atoms with Gasteiger partial charge in [0.05, 0.1) is 21.5 Å². The minimum Gasteiger partial charge on any atom is -0.345 e. The molecule has 1 N–H and O–H groups in total. The Hall–Kier alpha value is -3.06. The van der Waals surface area contributed by atoms with Gasteiger partial charge in [-0.3, -0.25) is 14.9 Å². The van der Waals surface area contributed by atoms with Gasteiger partial charge in [-0.25, -0.2) is 0 Å². The first kappa shape index (κ1) is 14.5. The van der Waals surface area contributed by atoms with Crippen LogP contribution in [0.4, 0.5) is 5.69 Å². The molecule has 0 fully saturated rings. The van der Waals surface area contributed by atoms with Crippen LogP contribution in [0.3, 0.4) is 0 Å². The number of aryl methyl sites for hydroxylation is 1. The van der Waals surface area contributed by atoms with Crippen molar-refractivity contribution in [2.75, 3.05) is 0 Å². The SMILES string of the molecule is Cc1ccc2[nH]c3snc(-c4ccc([N+](=O)[O-])cc4)c3c(=O)c2c1. The second-order valence-electron chi connectivity index (χ2n) is 5.54. The lowest BCUT2D eigenvalue weighted by atomic mass is 10.1. The average Bonchev–Trinajstić information content (AvgIpc) is 3.00. The van der Waals surface area contributed by atoms with Crippen molar-refractivity contribution in [2.24, 2.45) is 0 Å². The van der Waals surface area contributed by atoms with Gasteiger partial charge in [0.2, 0.25) is 0 Å². The molecule has 0 atom stereocenters. The van der Waals surface area contributed by atoms with E-state index in [0.717, 1.165) is 11.1 Å². The molecule has 6 nitrogen and oxygen atoms in total. The lowest BCUT2D eigenvalue weighted by Gasteiger charge is -2.02. The van der Waals surface area contributed by atoms with Gasteiger partial charge >= 0.3 is 0 Å². The van der Waals surface area contributed by atoms with Crippen LogP contribution in [-0.4, -0.2) is 14.3 Å². The van der Waals surface area contributed by atoms with Gasteiger partial charge < -0.3 is 4.98 Å². The predicted molar refractivity (Wildman–Crippen MR) is 94.6 cm³/mol. The molecule has 0 amide bonds. The Morgan fingerprint density at radius 2 is 1.92 bits per heavy atom. The van der Waals surface area contributed by atoms with Crippen molar-refractivity contribution in [3.63, 3.8) is 0 Å². The molecule has 0 radical (unpaired) electrons. The van der Waals surface area contributed by atoms with Crippen molar-refractivity contribution in [1.29, 1.82) is 0 Å². The Kier molecular flexibility index (Phi) is 3.17. The highest BCUT2D eigenvalue weighted by molar-refractivity contribution is 7.13. The molecule has 2 aromatic heterocycles. The second kappa shape index (κ2) is 5.24. The van der Waals surface area contributed by atoms with E-state index >= 15 is 0 Å². The molecule has 7 heteroatoms. The Morgan fingerprint density at radius 1 is 1.17 bits per heavy atom. The van der Waals surface area contributed by atoms with Crippen LogP contribution in [-0.2, 0) is 0 Å². The summed E-state index contributed by atoms with van der Waals surface area (Å²) in [6.45, 7) is 1.94. The zero-order valence-electron chi connectivity index (χ0n) is 12.6. The number of H-pyrrole nitrogens is 1. The van der Waals surface area contributed by atoms with Crippen molar-refractivity contribution in [2.45, 2.75) is 6.92 Å². The Labute approximate surface area is 139 Å². The van der Waals surface area contributed by atoms with E-state index in [2.05, 4.69) is 9.36 Å². The molecule has 0 saturated carbocycles. The van der Waals surface area contributed by atoms with Gasteiger partial charge in [-0.1, -0.05) is 11.6 Å². The average molecular weight is 337 g/mol. The number of hydrogen-bond acceptors (Lipinski definition) is 5. The molecule has 0 bridgehead atoms. The van der Waals surface area contributed by atoms with Crippen LogP contribution in [0.25, 0.3) is 32.4 Å². The first-order valence-corrected chi connectivity index (χ1v) is 7.99. The maximum Gasteiger partial charge on any atom is 0.269 e. The van der Waals surface area contributed by atoms with Crippen LogP contribution >= 0.6 is 11.5 Å². The maximum absolute atomic E-state index is 12.9. The number of nitrogens with one attached hydrogen (secondary N) is 1. The Balaban J connectivity index is 1.99. The fourth-order valence-corrected chi connectivity index (χ4v) is 3.55. The molecule has 0 aliphatic rings. The summed E-state index contributed by atoms with van der Waals surface area (Å²) in [4.78, 5) is 27.2. The number of aromatic nitrogens is 2. The Morgan fingerprint density at radius 3 is 2.62 bits per heavy atom. The van der Waals surface area contributed by atoms with Gasteiger partial charge in [-0.2, -0.15) is 4.37 Å². The number of rotatable bonds is 2. The highest BCUT2D eigenvalue weighted by atomic mass is 32.1. The maximum atomic E-state index is 12.9. The standard InChI is InChI=1S/C17H11N3O3S/c1-9-2-7-13-12(8-9)16(21)14-15(19-24-17(14)18-13)10-3-5-11(6-4-10)20(22)23/h2-8H,1H3,(H,18,21). The van der Waals surface area contributed by atoms with Gasteiger partial charge in [-0.15, -0.1) is 0 Å². The number of pyridine rings is 1. The monoisotopic (exact) mass is 337 g/mol. The number of nitrogens with zero attached hydrogens (tertiary/aromatic N) is 2. The van der Waals surface area contributed by atoms with E-state index in [1.165, 1.54) is 23.7 Å². The summed E-state index contributed by atoms with van der Waals surface area (Å²) in [5.74, 6) is 0. The first-order chi connectivity index (χ1) is 11.5. The van der Waals surface area contributed by atoms with Crippen LogP contribution in [0.2, 0.25) is 0 Å². The third-order valence-electron chi connectivity index (χ3n) is 3.94. The number of nitro groups is 1. The van der Waals surface area contributed by atoms with E-state index in [0.29, 0.717) is 26.9 Å². The summed E-state index contributed by atoms with van der Waals surface area (Å²) in [6.07, 6.45) is 0. The lowest BCUT2D eigenvalue weighted by molar-refractivity contribution is -0.384. The summed E-state index contributed by atoms with van der Waals surface area (Å²) in [6, 6.07) is 11.8. The molecule has 4 aromatic rings. The number of non-ortho nitro benzene ring substituents is 1. The van der Waals surface area contributed by atoms with Gasteiger partial charge in [0.1, 0.15) is 4.83 Å². The van der Waals surface area contributed by atoms with Crippen molar-refractivity contribution >= 4 is 38.3 Å². The fourth-order valence-electron chi connectivity index (χ4n) is 2.74. The minimum atomic E-state index is -0.452. The Bertz CT molecular complexity index is 1160. The topological polar surface area (TPSA) is 88.9 Å². The summed E-state index contributed by atoms with van der Waals surface area (Å²) in [7, 11) is 0. The van der Waals surface area contributed by atoms with Gasteiger partial charge in [0.15, 0.2) is 5.43 Å². The third-order valence-corrected chi connectivity index (χ3v) is 4.70. The van der Waals surface area contributed by atoms with Crippen molar-refractivity contribution in [3.8, 4) is 11.3 Å². The van der Waals surface area contributed by atoms with E-state index in [4.69, 9.17) is 0 Å². The second-order valence-corrected chi connectivity index (χ2v) is 6.32. The largest absolute Gasteiger partial charge is 0.345 e.